The number of ether oxygens (including phenoxy) is 1. The van der Waals surface area contributed by atoms with E-state index in [-0.39, 0.29) is 12.0 Å². The van der Waals surface area contributed by atoms with E-state index < -0.39 is 10.0 Å². The Labute approximate surface area is 116 Å². The molecule has 0 saturated carbocycles. The second-order valence-corrected chi connectivity index (χ2v) is 9.31. The average molecular weight is 277 g/mol. The van der Waals surface area contributed by atoms with Gasteiger partial charge in [0, 0.05) is 0 Å². The highest BCUT2D eigenvalue weighted by molar-refractivity contribution is 8.35. The maximum atomic E-state index is 11.7. The van der Waals surface area contributed by atoms with Gasteiger partial charge in [0.15, 0.2) is 5.75 Å². The van der Waals surface area contributed by atoms with Crippen molar-refractivity contribution in [2.45, 2.75) is 19.4 Å². The number of benzene rings is 1. The van der Waals surface area contributed by atoms with Crippen LogP contribution in [0.5, 0.6) is 5.75 Å². The van der Waals surface area contributed by atoms with Crippen LogP contribution >= 0.6 is 10.0 Å². The van der Waals surface area contributed by atoms with Gasteiger partial charge < -0.3 is 10.1 Å². The Balaban J connectivity index is 2.44. The first-order chi connectivity index (χ1) is 8.85. The van der Waals surface area contributed by atoms with Crippen molar-refractivity contribution in [3.8, 4) is 16.9 Å². The molecular weight excluding hydrogens is 258 g/mol. The lowest BCUT2D eigenvalue weighted by Gasteiger charge is -2.16. The van der Waals surface area contributed by atoms with Gasteiger partial charge in [-0.25, -0.2) is 0 Å². The molecule has 0 saturated heterocycles. The molecule has 1 aromatic rings. The van der Waals surface area contributed by atoms with Crippen LogP contribution in [0.3, 0.4) is 0 Å². The first-order valence-corrected chi connectivity index (χ1v) is 9.01. The van der Waals surface area contributed by atoms with Gasteiger partial charge in [0.25, 0.3) is 0 Å². The predicted molar refractivity (Wildman–Crippen MR) is 82.0 cm³/mol. The number of hydrogen-bond acceptors (Lipinski definition) is 2. The van der Waals surface area contributed by atoms with E-state index >= 15 is 0 Å². The Morgan fingerprint density at radius 1 is 1.37 bits per heavy atom. The average Bonchev–Trinajstić information content (AvgIpc) is 2.42. The van der Waals surface area contributed by atoms with E-state index in [4.69, 9.17) is 4.74 Å². The van der Waals surface area contributed by atoms with Gasteiger partial charge in [0.05, 0.1) is 17.7 Å². The number of carbonyl (C=O) groups excluding carboxylic acids is 1. The summed E-state index contributed by atoms with van der Waals surface area (Å²) in [5.41, 5.74) is 1.55. The molecule has 1 N–H and O–H groups in total. The molecule has 0 spiro atoms. The van der Waals surface area contributed by atoms with Gasteiger partial charge in [-0.15, -0.1) is 0 Å². The second-order valence-electron chi connectivity index (χ2n) is 5.43. The lowest BCUT2D eigenvalue weighted by atomic mass is 10.2. The smallest absolute Gasteiger partial charge is 0.228 e. The largest absolute Gasteiger partial charge is 0.487 e. The molecule has 102 valence electrons. The van der Waals surface area contributed by atoms with Crippen LogP contribution < -0.4 is 10.1 Å². The summed E-state index contributed by atoms with van der Waals surface area (Å²) in [6.45, 7) is 1.90. The van der Waals surface area contributed by atoms with Crippen molar-refractivity contribution in [1.82, 2.24) is 0 Å². The minimum Gasteiger partial charge on any atom is -0.487 e. The third-order valence-corrected chi connectivity index (χ3v) is 3.29. The molecule has 1 aromatic carbocycles. The minimum absolute atomic E-state index is 0.0159. The van der Waals surface area contributed by atoms with Gasteiger partial charge in [0.1, 0.15) is 6.10 Å². The molecule has 0 unspecified atom stereocenters. The quantitative estimate of drug-likeness (QED) is 0.741. The number of para-hydroxylation sites is 1. The van der Waals surface area contributed by atoms with E-state index in [1.165, 1.54) is 0 Å². The molecule has 3 nitrogen and oxygen atoms in total. The van der Waals surface area contributed by atoms with Gasteiger partial charge in [-0.05, 0) is 43.1 Å². The molecule has 1 heterocycles. The first-order valence-electron chi connectivity index (χ1n) is 6.16. The number of carbonyl (C=O) groups is 1. The van der Waals surface area contributed by atoms with Crippen molar-refractivity contribution in [3.63, 3.8) is 0 Å². The number of rotatable bonds is 0. The standard InChI is InChI=1S/C15H19NO2S/c1-11-10-14(17)16-13-7-5-6-12(15(13)18-11)8-9-19(2,3)4/h5-7,11H,10H2,1-4H3,(H,16,17)/t11-/m1/s1. The molecule has 2 rings (SSSR count). The number of nitrogens with one attached hydrogen (secondary N) is 1. The second kappa shape index (κ2) is 5.18. The molecule has 0 bridgehead atoms. The Morgan fingerprint density at radius 2 is 2.11 bits per heavy atom. The van der Waals surface area contributed by atoms with Crippen LogP contribution in [0.25, 0.3) is 0 Å². The van der Waals surface area contributed by atoms with E-state index in [9.17, 15) is 4.79 Å². The Morgan fingerprint density at radius 3 is 2.79 bits per heavy atom. The van der Waals surface area contributed by atoms with E-state index in [1.54, 1.807) is 0 Å². The van der Waals surface area contributed by atoms with Crippen molar-refractivity contribution in [2.24, 2.45) is 0 Å². The van der Waals surface area contributed by atoms with Crippen LogP contribution in [0.1, 0.15) is 18.9 Å². The molecule has 0 aliphatic carbocycles. The molecule has 4 heteroatoms. The molecule has 1 aliphatic rings. The van der Waals surface area contributed by atoms with E-state index in [0.29, 0.717) is 17.9 Å². The fourth-order valence-corrected chi connectivity index (χ4v) is 2.19. The van der Waals surface area contributed by atoms with E-state index in [1.807, 2.05) is 25.1 Å². The van der Waals surface area contributed by atoms with Crippen LogP contribution in [-0.4, -0.2) is 30.8 Å². The lowest BCUT2D eigenvalue weighted by molar-refractivity contribution is -0.117. The fourth-order valence-electron chi connectivity index (χ4n) is 1.77. The molecule has 1 amide bonds. The SMILES string of the molecule is C[C@@H]1CC(=O)Nc2cccc(C#CS(C)(C)C)c2O1. The van der Waals surface area contributed by atoms with Crippen molar-refractivity contribution in [3.05, 3.63) is 23.8 Å². The minimum atomic E-state index is -0.886. The summed E-state index contributed by atoms with van der Waals surface area (Å²) in [7, 11) is -0.886. The van der Waals surface area contributed by atoms with Gasteiger partial charge in [0.2, 0.25) is 5.91 Å². The highest BCUT2D eigenvalue weighted by atomic mass is 32.3. The number of amides is 1. The number of anilines is 1. The predicted octanol–water partition coefficient (Wildman–Crippen LogP) is 2.80. The number of hydrogen-bond donors (Lipinski definition) is 1. The van der Waals surface area contributed by atoms with Crippen molar-refractivity contribution < 1.29 is 9.53 Å². The van der Waals surface area contributed by atoms with Crippen LogP contribution in [0.15, 0.2) is 18.2 Å². The monoisotopic (exact) mass is 277 g/mol. The summed E-state index contributed by atoms with van der Waals surface area (Å²) in [6, 6.07) is 5.67. The Kier molecular flexibility index (Phi) is 3.77. The van der Waals surface area contributed by atoms with E-state index in [0.717, 1.165) is 5.56 Å². The van der Waals surface area contributed by atoms with Crippen LogP contribution in [0, 0.1) is 11.2 Å². The van der Waals surface area contributed by atoms with Crippen LogP contribution in [0.2, 0.25) is 0 Å². The van der Waals surface area contributed by atoms with Gasteiger partial charge in [-0.2, -0.15) is 10.0 Å². The van der Waals surface area contributed by atoms with Gasteiger partial charge in [-0.1, -0.05) is 12.0 Å². The molecule has 19 heavy (non-hydrogen) atoms. The maximum absolute atomic E-state index is 11.7. The van der Waals surface area contributed by atoms with Crippen LogP contribution in [-0.2, 0) is 4.79 Å². The van der Waals surface area contributed by atoms with Crippen molar-refractivity contribution in [2.75, 3.05) is 24.1 Å². The van der Waals surface area contributed by atoms with Gasteiger partial charge >= 0.3 is 0 Å². The maximum Gasteiger partial charge on any atom is 0.228 e. The molecule has 0 radical (unpaired) electrons. The van der Waals surface area contributed by atoms with Crippen molar-refractivity contribution in [1.29, 1.82) is 0 Å². The van der Waals surface area contributed by atoms with E-state index in [2.05, 4.69) is 35.3 Å². The third-order valence-electron chi connectivity index (χ3n) is 2.57. The lowest BCUT2D eigenvalue weighted by Crippen LogP contribution is -2.17. The van der Waals surface area contributed by atoms with Crippen LogP contribution in [0.4, 0.5) is 5.69 Å². The zero-order chi connectivity index (χ0) is 14.0. The van der Waals surface area contributed by atoms with Gasteiger partial charge in [-0.3, -0.25) is 4.79 Å². The first kappa shape index (κ1) is 13.8. The fraction of sp³-hybridized carbons (Fsp3) is 0.400. The summed E-state index contributed by atoms with van der Waals surface area (Å²) < 4.78 is 5.85. The summed E-state index contributed by atoms with van der Waals surface area (Å²) in [5.74, 6) is 3.86. The summed E-state index contributed by atoms with van der Waals surface area (Å²) in [6.07, 6.45) is 6.67. The molecular formula is C15H19NO2S. The summed E-state index contributed by atoms with van der Waals surface area (Å²) in [4.78, 5) is 11.7. The molecule has 1 atom stereocenters. The summed E-state index contributed by atoms with van der Waals surface area (Å²) in [5, 5.41) is 6.14. The van der Waals surface area contributed by atoms with Crippen molar-refractivity contribution >= 4 is 21.6 Å². The highest BCUT2D eigenvalue weighted by Gasteiger charge is 2.21. The number of fused-ring (bicyclic) bond motifs is 1. The summed E-state index contributed by atoms with van der Waals surface area (Å²) >= 11 is 0. The normalized spacial score (nSPS) is 19.2. The third kappa shape index (κ3) is 3.68. The zero-order valence-corrected chi connectivity index (χ0v) is 12.6. The molecule has 0 aromatic heterocycles. The Bertz CT molecular complexity index is 564. The topological polar surface area (TPSA) is 38.3 Å². The Hall–Kier alpha value is -1.60. The molecule has 1 aliphatic heterocycles. The molecule has 0 fully saturated rings. The zero-order valence-electron chi connectivity index (χ0n) is 11.7. The highest BCUT2D eigenvalue weighted by Crippen LogP contribution is 2.35.